The highest BCUT2D eigenvalue weighted by atomic mass is 16.5. The van der Waals surface area contributed by atoms with Gasteiger partial charge in [0.1, 0.15) is 11.5 Å². The Labute approximate surface area is 112 Å². The maximum Gasteiger partial charge on any atom is 0.122 e. The number of hydrogen-bond acceptors (Lipinski definition) is 3. The molecule has 1 unspecified atom stereocenters. The van der Waals surface area contributed by atoms with Crippen molar-refractivity contribution in [3.8, 4) is 11.5 Å². The van der Waals surface area contributed by atoms with Gasteiger partial charge in [-0.1, -0.05) is 18.2 Å². The molecule has 1 heterocycles. The average Bonchev–Trinajstić information content (AvgIpc) is 2.85. The first-order valence-corrected chi connectivity index (χ1v) is 6.44. The fraction of sp³-hybridized carbons (Fsp3) is 0.250. The van der Waals surface area contributed by atoms with Crippen LogP contribution < -0.4 is 4.74 Å². The van der Waals surface area contributed by atoms with Crippen molar-refractivity contribution in [3.63, 3.8) is 0 Å². The minimum absolute atomic E-state index is 0.229. The summed E-state index contributed by atoms with van der Waals surface area (Å²) in [7, 11) is 0. The molecule has 0 radical (unpaired) electrons. The molecule has 3 rings (SSSR count). The van der Waals surface area contributed by atoms with E-state index in [2.05, 4.69) is 0 Å². The SMILES string of the molecule is Oc1cccc(CC(O)c2ccc3c(c2)CCO3)c1. The number of ether oxygens (including phenoxy) is 1. The fourth-order valence-corrected chi connectivity index (χ4v) is 2.44. The molecule has 0 spiro atoms. The Bertz CT molecular complexity index is 592. The van der Waals surface area contributed by atoms with E-state index in [1.807, 2.05) is 24.3 Å². The van der Waals surface area contributed by atoms with Gasteiger partial charge in [0.25, 0.3) is 0 Å². The molecule has 0 aromatic heterocycles. The molecule has 2 aromatic rings. The summed E-state index contributed by atoms with van der Waals surface area (Å²) < 4.78 is 5.45. The van der Waals surface area contributed by atoms with Crippen LogP contribution in [0.15, 0.2) is 42.5 Å². The lowest BCUT2D eigenvalue weighted by Gasteiger charge is -2.12. The van der Waals surface area contributed by atoms with E-state index < -0.39 is 6.10 Å². The molecule has 19 heavy (non-hydrogen) atoms. The number of benzene rings is 2. The molecule has 1 aliphatic rings. The molecule has 98 valence electrons. The summed E-state index contributed by atoms with van der Waals surface area (Å²) >= 11 is 0. The Hall–Kier alpha value is -2.00. The van der Waals surface area contributed by atoms with Crippen LogP contribution in [0.4, 0.5) is 0 Å². The molecular weight excluding hydrogens is 240 g/mol. The molecule has 0 bridgehead atoms. The first-order valence-electron chi connectivity index (χ1n) is 6.44. The van der Waals surface area contributed by atoms with Gasteiger partial charge >= 0.3 is 0 Å². The van der Waals surface area contributed by atoms with Crippen LogP contribution in [-0.2, 0) is 12.8 Å². The van der Waals surface area contributed by atoms with Gasteiger partial charge < -0.3 is 14.9 Å². The molecule has 1 aliphatic heterocycles. The van der Waals surface area contributed by atoms with Crippen molar-refractivity contribution in [1.29, 1.82) is 0 Å². The summed E-state index contributed by atoms with van der Waals surface area (Å²) in [5.41, 5.74) is 2.98. The van der Waals surface area contributed by atoms with Crippen molar-refractivity contribution in [2.24, 2.45) is 0 Å². The Morgan fingerprint density at radius 3 is 2.89 bits per heavy atom. The molecule has 2 aromatic carbocycles. The van der Waals surface area contributed by atoms with E-state index in [0.717, 1.165) is 35.5 Å². The zero-order valence-electron chi connectivity index (χ0n) is 10.5. The van der Waals surface area contributed by atoms with Crippen LogP contribution in [-0.4, -0.2) is 16.8 Å². The van der Waals surface area contributed by atoms with Crippen LogP contribution in [0.1, 0.15) is 22.8 Å². The zero-order valence-corrected chi connectivity index (χ0v) is 10.5. The van der Waals surface area contributed by atoms with Gasteiger partial charge in [-0.25, -0.2) is 0 Å². The summed E-state index contributed by atoms with van der Waals surface area (Å²) in [5, 5.41) is 19.7. The van der Waals surface area contributed by atoms with Crippen LogP contribution in [0.5, 0.6) is 11.5 Å². The van der Waals surface area contributed by atoms with E-state index in [-0.39, 0.29) is 5.75 Å². The van der Waals surface area contributed by atoms with E-state index in [0.29, 0.717) is 6.42 Å². The Morgan fingerprint density at radius 1 is 1.16 bits per heavy atom. The molecule has 1 atom stereocenters. The highest BCUT2D eigenvalue weighted by Crippen LogP contribution is 2.29. The molecule has 0 saturated heterocycles. The Kier molecular flexibility index (Phi) is 3.13. The van der Waals surface area contributed by atoms with Gasteiger partial charge in [-0.2, -0.15) is 0 Å². The van der Waals surface area contributed by atoms with Crippen LogP contribution in [0, 0.1) is 0 Å². The second kappa shape index (κ2) is 4.94. The number of fused-ring (bicyclic) bond motifs is 1. The standard InChI is InChI=1S/C16H16O3/c17-14-3-1-2-11(8-14)9-15(18)12-4-5-16-13(10-12)6-7-19-16/h1-5,8,10,15,17-18H,6-7,9H2. The van der Waals surface area contributed by atoms with Gasteiger partial charge in [-0.3, -0.25) is 0 Å². The quantitative estimate of drug-likeness (QED) is 0.887. The number of aromatic hydroxyl groups is 1. The van der Waals surface area contributed by atoms with E-state index in [1.54, 1.807) is 18.2 Å². The maximum absolute atomic E-state index is 10.3. The Balaban J connectivity index is 1.78. The van der Waals surface area contributed by atoms with Crippen molar-refractivity contribution in [3.05, 3.63) is 59.2 Å². The maximum atomic E-state index is 10.3. The van der Waals surface area contributed by atoms with Crippen molar-refractivity contribution < 1.29 is 14.9 Å². The average molecular weight is 256 g/mol. The zero-order chi connectivity index (χ0) is 13.2. The molecule has 0 aliphatic carbocycles. The minimum atomic E-state index is -0.562. The summed E-state index contributed by atoms with van der Waals surface area (Å²) in [4.78, 5) is 0. The summed E-state index contributed by atoms with van der Waals surface area (Å²) in [6, 6.07) is 12.8. The molecule has 3 heteroatoms. The number of phenolic OH excluding ortho intramolecular Hbond substituents is 1. The number of aliphatic hydroxyl groups excluding tert-OH is 1. The van der Waals surface area contributed by atoms with Gasteiger partial charge in [-0.05, 0) is 41.0 Å². The second-order valence-electron chi connectivity index (χ2n) is 4.86. The number of hydrogen-bond donors (Lipinski definition) is 2. The van der Waals surface area contributed by atoms with E-state index >= 15 is 0 Å². The predicted octanol–water partition coefficient (Wildman–Crippen LogP) is 2.60. The van der Waals surface area contributed by atoms with Crippen LogP contribution in [0.25, 0.3) is 0 Å². The van der Waals surface area contributed by atoms with Gasteiger partial charge in [0, 0.05) is 12.8 Å². The van der Waals surface area contributed by atoms with Crippen molar-refractivity contribution in [2.75, 3.05) is 6.61 Å². The van der Waals surface area contributed by atoms with Crippen LogP contribution in [0.3, 0.4) is 0 Å². The summed E-state index contributed by atoms with van der Waals surface area (Å²) in [6.07, 6.45) is 0.837. The smallest absolute Gasteiger partial charge is 0.122 e. The molecular formula is C16H16O3. The van der Waals surface area contributed by atoms with E-state index in [4.69, 9.17) is 4.74 Å². The molecule has 2 N–H and O–H groups in total. The normalized spacial score (nSPS) is 14.8. The van der Waals surface area contributed by atoms with E-state index in [1.165, 1.54) is 0 Å². The predicted molar refractivity (Wildman–Crippen MR) is 72.4 cm³/mol. The third-order valence-electron chi connectivity index (χ3n) is 3.44. The van der Waals surface area contributed by atoms with Crippen molar-refractivity contribution >= 4 is 0 Å². The highest BCUT2D eigenvalue weighted by Gasteiger charge is 2.15. The van der Waals surface area contributed by atoms with Gasteiger partial charge in [0.2, 0.25) is 0 Å². The minimum Gasteiger partial charge on any atom is -0.508 e. The molecule has 3 nitrogen and oxygen atoms in total. The molecule has 0 fully saturated rings. The highest BCUT2D eigenvalue weighted by molar-refractivity contribution is 5.41. The largest absolute Gasteiger partial charge is 0.508 e. The first kappa shape index (κ1) is 12.1. The summed E-state index contributed by atoms with van der Waals surface area (Å²) in [6.45, 7) is 0.724. The lowest BCUT2D eigenvalue weighted by molar-refractivity contribution is 0.178. The first-order chi connectivity index (χ1) is 9.22. The van der Waals surface area contributed by atoms with Crippen LogP contribution >= 0.6 is 0 Å². The fourth-order valence-electron chi connectivity index (χ4n) is 2.44. The topological polar surface area (TPSA) is 49.7 Å². The van der Waals surface area contributed by atoms with Crippen LogP contribution in [0.2, 0.25) is 0 Å². The van der Waals surface area contributed by atoms with Gasteiger partial charge in [0.15, 0.2) is 0 Å². The monoisotopic (exact) mass is 256 g/mol. The third kappa shape index (κ3) is 2.56. The lowest BCUT2D eigenvalue weighted by atomic mass is 9.99. The molecule has 0 saturated carbocycles. The van der Waals surface area contributed by atoms with Gasteiger partial charge in [0.05, 0.1) is 12.7 Å². The lowest BCUT2D eigenvalue weighted by Crippen LogP contribution is -2.02. The van der Waals surface area contributed by atoms with Crippen molar-refractivity contribution in [2.45, 2.75) is 18.9 Å². The number of phenols is 1. The van der Waals surface area contributed by atoms with Crippen molar-refractivity contribution in [1.82, 2.24) is 0 Å². The Morgan fingerprint density at radius 2 is 2.05 bits per heavy atom. The number of aliphatic hydroxyl groups is 1. The second-order valence-corrected chi connectivity index (χ2v) is 4.86. The third-order valence-corrected chi connectivity index (χ3v) is 3.44. The number of rotatable bonds is 3. The van der Waals surface area contributed by atoms with E-state index in [9.17, 15) is 10.2 Å². The van der Waals surface area contributed by atoms with Gasteiger partial charge in [-0.15, -0.1) is 0 Å². The summed E-state index contributed by atoms with van der Waals surface area (Å²) in [5.74, 6) is 1.15. The molecule has 0 amide bonds.